The number of nitrogens with one attached hydrogen (secondary N) is 1. The van der Waals surface area contributed by atoms with E-state index in [2.05, 4.69) is 18.3 Å². The van der Waals surface area contributed by atoms with E-state index in [1.165, 1.54) is 5.56 Å². The number of para-hydroxylation sites is 1. The fraction of sp³-hybridized carbons (Fsp3) is 0.333. The number of furan rings is 1. The molecule has 1 aromatic carbocycles. The number of aryl methyl sites for hydroxylation is 1. The van der Waals surface area contributed by atoms with Crippen LogP contribution in [0.5, 0.6) is 5.75 Å². The van der Waals surface area contributed by atoms with Crippen LogP contribution in [0, 0.1) is 6.92 Å². The van der Waals surface area contributed by atoms with Gasteiger partial charge in [0.1, 0.15) is 11.5 Å². The highest BCUT2D eigenvalue weighted by Crippen LogP contribution is 2.24. The maximum Gasteiger partial charge on any atom is 0.123 e. The molecular weight excluding hydrogens is 226 g/mol. The minimum Gasteiger partial charge on any atom is -0.496 e. The van der Waals surface area contributed by atoms with Crippen molar-refractivity contribution in [3.63, 3.8) is 0 Å². The summed E-state index contributed by atoms with van der Waals surface area (Å²) in [6.07, 6.45) is 1.72. The van der Waals surface area contributed by atoms with Crippen LogP contribution in [0.1, 0.15) is 29.9 Å². The topological polar surface area (TPSA) is 34.4 Å². The van der Waals surface area contributed by atoms with Crippen LogP contribution in [0.3, 0.4) is 0 Å². The van der Waals surface area contributed by atoms with Gasteiger partial charge in [-0.3, -0.25) is 0 Å². The van der Waals surface area contributed by atoms with Crippen LogP contribution in [0.2, 0.25) is 0 Å². The molecule has 0 saturated heterocycles. The van der Waals surface area contributed by atoms with Gasteiger partial charge in [-0.05, 0) is 31.5 Å². The average Bonchev–Trinajstić information content (AvgIpc) is 2.81. The Morgan fingerprint density at radius 3 is 2.72 bits per heavy atom. The molecule has 3 heteroatoms. The molecule has 2 aromatic rings. The van der Waals surface area contributed by atoms with E-state index < -0.39 is 0 Å². The Morgan fingerprint density at radius 1 is 1.28 bits per heavy atom. The van der Waals surface area contributed by atoms with E-state index in [4.69, 9.17) is 9.15 Å². The maximum absolute atomic E-state index is 5.41. The lowest BCUT2D eigenvalue weighted by Crippen LogP contribution is -2.18. The molecule has 18 heavy (non-hydrogen) atoms. The molecule has 0 bridgehead atoms. The molecule has 0 amide bonds. The largest absolute Gasteiger partial charge is 0.496 e. The molecule has 0 spiro atoms. The van der Waals surface area contributed by atoms with Crippen molar-refractivity contribution in [1.82, 2.24) is 5.32 Å². The Kier molecular flexibility index (Phi) is 4.05. The van der Waals surface area contributed by atoms with Crippen LogP contribution in [0.4, 0.5) is 0 Å². The molecule has 1 heterocycles. The third kappa shape index (κ3) is 2.74. The predicted molar refractivity (Wildman–Crippen MR) is 71.7 cm³/mol. The van der Waals surface area contributed by atoms with Gasteiger partial charge in [-0.25, -0.2) is 0 Å². The van der Waals surface area contributed by atoms with Crippen LogP contribution < -0.4 is 10.1 Å². The van der Waals surface area contributed by atoms with Crippen molar-refractivity contribution in [3.8, 4) is 5.75 Å². The summed E-state index contributed by atoms with van der Waals surface area (Å²) in [4.78, 5) is 0. The van der Waals surface area contributed by atoms with E-state index in [1.807, 2.05) is 31.2 Å². The molecule has 0 unspecified atom stereocenters. The molecule has 0 aliphatic carbocycles. The summed E-state index contributed by atoms with van der Waals surface area (Å²) < 4.78 is 10.8. The highest BCUT2D eigenvalue weighted by atomic mass is 16.5. The van der Waals surface area contributed by atoms with Crippen LogP contribution in [0.25, 0.3) is 0 Å². The first kappa shape index (κ1) is 12.7. The van der Waals surface area contributed by atoms with Crippen LogP contribution in [0.15, 0.2) is 41.0 Å². The van der Waals surface area contributed by atoms with Crippen LogP contribution in [-0.2, 0) is 6.54 Å². The number of benzene rings is 1. The van der Waals surface area contributed by atoms with E-state index in [1.54, 1.807) is 13.4 Å². The van der Waals surface area contributed by atoms with E-state index in [-0.39, 0.29) is 6.04 Å². The monoisotopic (exact) mass is 245 g/mol. The second kappa shape index (κ2) is 5.74. The van der Waals surface area contributed by atoms with Crippen molar-refractivity contribution in [2.24, 2.45) is 0 Å². The van der Waals surface area contributed by atoms with Crippen molar-refractivity contribution in [1.29, 1.82) is 0 Å². The quantitative estimate of drug-likeness (QED) is 0.876. The Hall–Kier alpha value is -1.74. The molecule has 0 radical (unpaired) electrons. The second-order valence-corrected chi connectivity index (χ2v) is 4.37. The molecule has 1 N–H and O–H groups in total. The fourth-order valence-electron chi connectivity index (χ4n) is 1.97. The summed E-state index contributed by atoms with van der Waals surface area (Å²) in [7, 11) is 1.70. The smallest absolute Gasteiger partial charge is 0.123 e. The summed E-state index contributed by atoms with van der Waals surface area (Å²) in [5.41, 5.74) is 2.33. The molecule has 0 fully saturated rings. The summed E-state index contributed by atoms with van der Waals surface area (Å²) in [5.74, 6) is 1.89. The maximum atomic E-state index is 5.41. The minimum atomic E-state index is 0.214. The van der Waals surface area contributed by atoms with Crippen molar-refractivity contribution in [2.45, 2.75) is 26.4 Å². The first-order valence-electron chi connectivity index (χ1n) is 6.11. The van der Waals surface area contributed by atoms with Crippen LogP contribution >= 0.6 is 0 Å². The number of methoxy groups -OCH3 is 1. The first-order valence-corrected chi connectivity index (χ1v) is 6.11. The van der Waals surface area contributed by atoms with Crippen molar-refractivity contribution < 1.29 is 9.15 Å². The first-order chi connectivity index (χ1) is 8.72. The van der Waals surface area contributed by atoms with Gasteiger partial charge in [-0.15, -0.1) is 0 Å². The van der Waals surface area contributed by atoms with E-state index in [9.17, 15) is 0 Å². The predicted octanol–water partition coefficient (Wildman–Crippen LogP) is 3.45. The Labute approximate surface area is 108 Å². The summed E-state index contributed by atoms with van der Waals surface area (Å²) in [6, 6.07) is 10.2. The van der Waals surface area contributed by atoms with E-state index in [0.717, 1.165) is 23.6 Å². The molecular formula is C15H19NO2. The lowest BCUT2D eigenvalue weighted by molar-refractivity contribution is 0.397. The highest BCUT2D eigenvalue weighted by Gasteiger charge is 2.11. The summed E-state index contributed by atoms with van der Waals surface area (Å²) >= 11 is 0. The lowest BCUT2D eigenvalue weighted by Gasteiger charge is -2.16. The van der Waals surface area contributed by atoms with Gasteiger partial charge >= 0.3 is 0 Å². The van der Waals surface area contributed by atoms with E-state index in [0.29, 0.717) is 0 Å². The molecule has 0 aliphatic rings. The molecule has 2 rings (SSSR count). The van der Waals surface area contributed by atoms with Crippen molar-refractivity contribution >= 4 is 0 Å². The Morgan fingerprint density at radius 2 is 2.06 bits per heavy atom. The molecule has 1 atom stereocenters. The van der Waals surface area contributed by atoms with Gasteiger partial charge in [0, 0.05) is 11.6 Å². The Balaban J connectivity index is 2.03. The second-order valence-electron chi connectivity index (χ2n) is 4.37. The van der Waals surface area contributed by atoms with Gasteiger partial charge in [0.2, 0.25) is 0 Å². The summed E-state index contributed by atoms with van der Waals surface area (Å²) in [5, 5.41) is 3.44. The molecule has 1 aromatic heterocycles. The minimum absolute atomic E-state index is 0.214. The van der Waals surface area contributed by atoms with Gasteiger partial charge in [0.05, 0.1) is 19.9 Å². The van der Waals surface area contributed by atoms with Gasteiger partial charge in [-0.1, -0.05) is 18.2 Å². The van der Waals surface area contributed by atoms with Crippen molar-refractivity contribution in [2.75, 3.05) is 7.11 Å². The molecule has 0 saturated carbocycles. The van der Waals surface area contributed by atoms with Gasteiger partial charge in [0.15, 0.2) is 0 Å². The van der Waals surface area contributed by atoms with E-state index >= 15 is 0 Å². The zero-order valence-corrected chi connectivity index (χ0v) is 11.1. The number of hydrogen-bond acceptors (Lipinski definition) is 3. The number of rotatable bonds is 5. The molecule has 3 nitrogen and oxygen atoms in total. The zero-order chi connectivity index (χ0) is 13.0. The van der Waals surface area contributed by atoms with Gasteiger partial charge in [0.25, 0.3) is 0 Å². The Bertz CT molecular complexity index is 505. The third-order valence-electron chi connectivity index (χ3n) is 3.14. The highest BCUT2D eigenvalue weighted by molar-refractivity contribution is 5.35. The molecule has 96 valence electrons. The average molecular weight is 245 g/mol. The normalized spacial score (nSPS) is 12.4. The van der Waals surface area contributed by atoms with Crippen molar-refractivity contribution in [3.05, 3.63) is 53.5 Å². The zero-order valence-electron chi connectivity index (χ0n) is 11.1. The number of ether oxygens (including phenoxy) is 1. The number of hydrogen-bond donors (Lipinski definition) is 1. The summed E-state index contributed by atoms with van der Waals surface area (Å²) in [6.45, 7) is 4.89. The molecule has 0 aliphatic heterocycles. The fourth-order valence-corrected chi connectivity index (χ4v) is 1.97. The standard InChI is InChI=1S/C15H19NO2/c1-11-8-9-18-15(11)10-16-12(2)13-6-4-5-7-14(13)17-3/h4-9,12,16H,10H2,1-3H3/t12-/m0/s1. The lowest BCUT2D eigenvalue weighted by atomic mass is 10.1. The van der Waals surface area contributed by atoms with Gasteiger partial charge < -0.3 is 14.5 Å². The third-order valence-corrected chi connectivity index (χ3v) is 3.14. The SMILES string of the molecule is COc1ccccc1[C@H](C)NCc1occc1C. The van der Waals surface area contributed by atoms with Gasteiger partial charge in [-0.2, -0.15) is 0 Å². The van der Waals surface area contributed by atoms with Crippen LogP contribution in [-0.4, -0.2) is 7.11 Å².